The molecule has 0 fully saturated rings. The summed E-state index contributed by atoms with van der Waals surface area (Å²) in [5.74, 6) is 0.479. The zero-order valence-corrected chi connectivity index (χ0v) is 21.5. The molecule has 0 atom stereocenters. The number of benzene rings is 2. The van der Waals surface area contributed by atoms with E-state index in [-0.39, 0.29) is 31.0 Å². The Labute approximate surface area is 213 Å². The van der Waals surface area contributed by atoms with Gasteiger partial charge in [0.1, 0.15) is 11.5 Å². The van der Waals surface area contributed by atoms with Gasteiger partial charge in [0.15, 0.2) is 5.78 Å². The average Bonchev–Trinajstić information content (AvgIpc) is 2.87. The number of ketones is 1. The number of carbonyl (C=O) groups excluding carboxylic acids is 2. The van der Waals surface area contributed by atoms with Crippen molar-refractivity contribution in [2.24, 2.45) is 0 Å². The first kappa shape index (κ1) is 28.6. The number of hydrogen-bond acceptors (Lipinski definition) is 5. The molecule has 0 aliphatic heterocycles. The van der Waals surface area contributed by atoms with Crippen LogP contribution < -0.4 is 9.47 Å². The van der Waals surface area contributed by atoms with E-state index in [1.54, 1.807) is 39.4 Å². The smallest absolute Gasteiger partial charge is 0.303 e. The number of Topliss-reactive ketones (excluding diaryl/α,β-unsaturated/α-hetero) is 1. The highest BCUT2D eigenvalue weighted by molar-refractivity contribution is 5.96. The van der Waals surface area contributed by atoms with Crippen LogP contribution in [0.2, 0.25) is 0 Å². The van der Waals surface area contributed by atoms with Gasteiger partial charge in [-0.15, -0.1) is 0 Å². The van der Waals surface area contributed by atoms with Crippen molar-refractivity contribution in [1.82, 2.24) is 4.90 Å². The summed E-state index contributed by atoms with van der Waals surface area (Å²) in [5, 5.41) is 9.11. The fourth-order valence-corrected chi connectivity index (χ4v) is 3.58. The third-order valence-electron chi connectivity index (χ3n) is 5.73. The molecule has 0 radical (unpaired) electrons. The van der Waals surface area contributed by atoms with Crippen LogP contribution in [0.3, 0.4) is 0 Å². The Morgan fingerprint density at radius 3 is 2.36 bits per heavy atom. The Kier molecular flexibility index (Phi) is 12.2. The Morgan fingerprint density at radius 2 is 1.69 bits per heavy atom. The lowest BCUT2D eigenvalue weighted by molar-refractivity contribution is -0.137. The molecular formula is C29H37NO6. The molecule has 0 aliphatic carbocycles. The molecule has 0 saturated carbocycles. The van der Waals surface area contributed by atoms with E-state index in [0.29, 0.717) is 36.3 Å². The third kappa shape index (κ3) is 10.3. The van der Waals surface area contributed by atoms with E-state index in [9.17, 15) is 14.4 Å². The Balaban J connectivity index is 1.85. The van der Waals surface area contributed by atoms with Gasteiger partial charge in [0.2, 0.25) is 5.91 Å². The highest BCUT2D eigenvalue weighted by Crippen LogP contribution is 2.24. The normalized spacial score (nSPS) is 10.9. The first-order valence-electron chi connectivity index (χ1n) is 12.3. The Bertz CT molecular complexity index is 1030. The standard InChI is InChI=1S/C29H37NO6/c1-30(2)28(32)11-8-10-26(31)23-14-18-27(24(21-23)15-19-29(33)34)36-20-7-5-4-6-9-22-12-16-25(35-3)17-13-22/h6,9,12-14,16-18,21H,4-5,7-8,10-11,15,19-20H2,1-3H3,(H,33,34). The van der Waals surface area contributed by atoms with Crippen molar-refractivity contribution in [3.8, 4) is 11.5 Å². The number of carbonyl (C=O) groups is 3. The molecule has 2 rings (SSSR count). The molecule has 2 aromatic rings. The SMILES string of the molecule is COc1ccc(C=CCCCCOc2ccc(C(=O)CCCC(=O)N(C)C)cc2CCC(=O)O)cc1. The fourth-order valence-electron chi connectivity index (χ4n) is 3.58. The number of allylic oxidation sites excluding steroid dienone is 1. The van der Waals surface area contributed by atoms with Crippen molar-refractivity contribution < 1.29 is 29.0 Å². The Morgan fingerprint density at radius 1 is 0.944 bits per heavy atom. The second-order valence-electron chi connectivity index (χ2n) is 8.80. The molecule has 2 aromatic carbocycles. The second-order valence-corrected chi connectivity index (χ2v) is 8.80. The van der Waals surface area contributed by atoms with Gasteiger partial charge >= 0.3 is 5.97 Å². The van der Waals surface area contributed by atoms with Crippen LogP contribution >= 0.6 is 0 Å². The molecule has 0 aliphatic rings. The van der Waals surface area contributed by atoms with Crippen LogP contribution in [0, 0.1) is 0 Å². The van der Waals surface area contributed by atoms with Gasteiger partial charge < -0.3 is 19.5 Å². The van der Waals surface area contributed by atoms with Crippen LogP contribution in [0.1, 0.15) is 66.4 Å². The first-order chi connectivity index (χ1) is 17.3. The molecule has 0 aromatic heterocycles. The number of ether oxygens (including phenoxy) is 2. The number of amides is 1. The van der Waals surface area contributed by atoms with Gasteiger partial charge in [0.05, 0.1) is 13.7 Å². The van der Waals surface area contributed by atoms with E-state index in [4.69, 9.17) is 14.6 Å². The molecule has 36 heavy (non-hydrogen) atoms. The summed E-state index contributed by atoms with van der Waals surface area (Å²) < 4.78 is 11.1. The molecule has 7 heteroatoms. The van der Waals surface area contributed by atoms with Crippen molar-refractivity contribution >= 4 is 23.7 Å². The van der Waals surface area contributed by atoms with Crippen molar-refractivity contribution in [3.63, 3.8) is 0 Å². The topological polar surface area (TPSA) is 93.1 Å². The second kappa shape index (κ2) is 15.4. The maximum absolute atomic E-state index is 12.6. The van der Waals surface area contributed by atoms with Crippen molar-refractivity contribution in [2.75, 3.05) is 27.8 Å². The summed E-state index contributed by atoms with van der Waals surface area (Å²) in [4.78, 5) is 36.9. The van der Waals surface area contributed by atoms with E-state index < -0.39 is 5.97 Å². The minimum atomic E-state index is -0.900. The summed E-state index contributed by atoms with van der Waals surface area (Å²) in [7, 11) is 5.03. The lowest BCUT2D eigenvalue weighted by atomic mass is 10.00. The van der Waals surface area contributed by atoms with Gasteiger partial charge in [-0.2, -0.15) is 0 Å². The number of carboxylic acids is 1. The maximum Gasteiger partial charge on any atom is 0.303 e. The zero-order chi connectivity index (χ0) is 26.3. The summed E-state index contributed by atoms with van der Waals surface area (Å²) >= 11 is 0. The largest absolute Gasteiger partial charge is 0.497 e. The molecule has 1 amide bonds. The highest BCUT2D eigenvalue weighted by Gasteiger charge is 2.13. The number of rotatable bonds is 16. The van der Waals surface area contributed by atoms with Gasteiger partial charge in [-0.25, -0.2) is 0 Å². The molecule has 0 unspecified atom stereocenters. The number of aryl methyl sites for hydroxylation is 1. The first-order valence-corrected chi connectivity index (χ1v) is 12.3. The monoisotopic (exact) mass is 495 g/mol. The van der Waals surface area contributed by atoms with E-state index in [1.807, 2.05) is 24.3 Å². The predicted octanol–water partition coefficient (Wildman–Crippen LogP) is 5.42. The molecule has 7 nitrogen and oxygen atoms in total. The quantitative estimate of drug-likeness (QED) is 0.247. The summed E-state index contributed by atoms with van der Waals surface area (Å²) in [6, 6.07) is 13.1. The fraction of sp³-hybridized carbons (Fsp3) is 0.414. The average molecular weight is 496 g/mol. The molecule has 0 saturated heterocycles. The molecule has 0 bridgehead atoms. The van der Waals surface area contributed by atoms with Crippen molar-refractivity contribution in [3.05, 3.63) is 65.2 Å². The lowest BCUT2D eigenvalue weighted by Gasteiger charge is -2.13. The predicted molar refractivity (Wildman–Crippen MR) is 141 cm³/mol. The minimum absolute atomic E-state index is 0.00934. The number of hydrogen-bond donors (Lipinski definition) is 1. The Hall–Kier alpha value is -3.61. The highest BCUT2D eigenvalue weighted by atomic mass is 16.5. The van der Waals surface area contributed by atoms with E-state index in [1.165, 1.54) is 4.90 Å². The van der Waals surface area contributed by atoms with Crippen molar-refractivity contribution in [1.29, 1.82) is 0 Å². The van der Waals surface area contributed by atoms with Gasteiger partial charge in [-0.05, 0) is 73.6 Å². The van der Waals surface area contributed by atoms with Crippen LogP contribution in [0.4, 0.5) is 0 Å². The van der Waals surface area contributed by atoms with Crippen LogP contribution in [-0.4, -0.2) is 55.5 Å². The van der Waals surface area contributed by atoms with Gasteiger partial charge in [-0.1, -0.05) is 24.3 Å². The third-order valence-corrected chi connectivity index (χ3v) is 5.73. The summed E-state index contributed by atoms with van der Waals surface area (Å²) in [6.45, 7) is 0.510. The number of aliphatic carboxylic acids is 1. The van der Waals surface area contributed by atoms with Crippen LogP contribution in [0.5, 0.6) is 11.5 Å². The molecule has 194 valence electrons. The number of carboxylic acid groups (broad SMARTS) is 1. The van der Waals surface area contributed by atoms with Crippen LogP contribution in [-0.2, 0) is 16.0 Å². The zero-order valence-electron chi connectivity index (χ0n) is 21.5. The molecule has 0 spiro atoms. The summed E-state index contributed by atoms with van der Waals surface area (Å²) in [5.41, 5.74) is 2.35. The minimum Gasteiger partial charge on any atom is -0.497 e. The van der Waals surface area contributed by atoms with Gasteiger partial charge in [0.25, 0.3) is 0 Å². The van der Waals surface area contributed by atoms with Gasteiger partial charge in [0, 0.05) is 38.9 Å². The summed E-state index contributed by atoms with van der Waals surface area (Å²) in [6.07, 6.45) is 8.26. The lowest BCUT2D eigenvalue weighted by Crippen LogP contribution is -2.21. The maximum atomic E-state index is 12.6. The van der Waals surface area contributed by atoms with Crippen LogP contribution in [0.25, 0.3) is 6.08 Å². The molecule has 1 N–H and O–H groups in total. The number of nitrogens with zero attached hydrogens (tertiary/aromatic N) is 1. The van der Waals surface area contributed by atoms with Crippen LogP contribution in [0.15, 0.2) is 48.5 Å². The van der Waals surface area contributed by atoms with E-state index >= 15 is 0 Å². The molecular weight excluding hydrogens is 458 g/mol. The van der Waals surface area contributed by atoms with E-state index in [2.05, 4.69) is 12.2 Å². The molecule has 0 heterocycles. The number of unbranched alkanes of at least 4 members (excludes halogenated alkanes) is 2. The van der Waals surface area contributed by atoms with Gasteiger partial charge in [-0.3, -0.25) is 14.4 Å². The van der Waals surface area contributed by atoms with E-state index in [0.717, 1.165) is 30.6 Å². The number of methoxy groups -OCH3 is 1. The van der Waals surface area contributed by atoms with Crippen molar-refractivity contribution in [2.45, 2.75) is 51.4 Å².